The maximum absolute atomic E-state index is 10.2. The smallest absolute Gasteiger partial charge is 0.0863 e. The Bertz CT molecular complexity index is 309. The molecule has 0 aromatic carbocycles. The molecule has 0 saturated carbocycles. The van der Waals surface area contributed by atoms with Gasteiger partial charge in [-0.2, -0.15) is 5.10 Å². The highest BCUT2D eigenvalue weighted by Crippen LogP contribution is 2.26. The van der Waals surface area contributed by atoms with Crippen molar-refractivity contribution in [3.8, 4) is 0 Å². The molecule has 2 atom stereocenters. The van der Waals surface area contributed by atoms with Crippen molar-refractivity contribution in [3.63, 3.8) is 0 Å². The zero-order valence-electron chi connectivity index (χ0n) is 9.77. The minimum Gasteiger partial charge on any atom is -0.388 e. The molecule has 0 bridgehead atoms. The van der Waals surface area contributed by atoms with Crippen molar-refractivity contribution in [2.45, 2.75) is 32.8 Å². The standard InChI is InChI=1S/C11H21N3O/c1-4-5-9(6-12)11(15)10-7-14(3)13-8(10)2/h7,9,11,15H,4-6,12H2,1-3H3. The van der Waals surface area contributed by atoms with Crippen molar-refractivity contribution in [1.29, 1.82) is 0 Å². The first-order valence-corrected chi connectivity index (χ1v) is 5.48. The first-order chi connectivity index (χ1) is 7.10. The fourth-order valence-corrected chi connectivity index (χ4v) is 1.94. The summed E-state index contributed by atoms with van der Waals surface area (Å²) in [6, 6.07) is 0. The lowest BCUT2D eigenvalue weighted by Crippen LogP contribution is -2.22. The van der Waals surface area contributed by atoms with E-state index in [9.17, 15) is 5.11 Å². The molecule has 0 fully saturated rings. The summed E-state index contributed by atoms with van der Waals surface area (Å²) in [7, 11) is 1.86. The van der Waals surface area contributed by atoms with Crippen LogP contribution in [0.4, 0.5) is 0 Å². The van der Waals surface area contributed by atoms with Crippen LogP contribution in [0, 0.1) is 12.8 Å². The fourth-order valence-electron chi connectivity index (χ4n) is 1.94. The maximum atomic E-state index is 10.2. The molecule has 0 radical (unpaired) electrons. The number of hydrogen-bond acceptors (Lipinski definition) is 3. The molecule has 0 aliphatic rings. The summed E-state index contributed by atoms with van der Waals surface area (Å²) in [5.41, 5.74) is 7.46. The zero-order valence-corrected chi connectivity index (χ0v) is 9.77. The quantitative estimate of drug-likeness (QED) is 0.767. The van der Waals surface area contributed by atoms with Crippen LogP contribution in [0.3, 0.4) is 0 Å². The molecule has 4 heteroatoms. The predicted molar refractivity (Wildman–Crippen MR) is 60.4 cm³/mol. The van der Waals surface area contributed by atoms with Crippen LogP contribution in [0.15, 0.2) is 6.20 Å². The topological polar surface area (TPSA) is 64.1 Å². The van der Waals surface area contributed by atoms with E-state index < -0.39 is 6.10 Å². The minimum absolute atomic E-state index is 0.137. The molecule has 0 saturated heterocycles. The molecule has 4 nitrogen and oxygen atoms in total. The Labute approximate surface area is 91.1 Å². The van der Waals surface area contributed by atoms with Gasteiger partial charge in [-0.1, -0.05) is 13.3 Å². The number of aromatic nitrogens is 2. The van der Waals surface area contributed by atoms with Gasteiger partial charge in [-0.3, -0.25) is 4.68 Å². The van der Waals surface area contributed by atoms with Crippen LogP contribution >= 0.6 is 0 Å². The number of hydrogen-bond donors (Lipinski definition) is 2. The number of nitrogens with two attached hydrogens (primary N) is 1. The van der Waals surface area contributed by atoms with Crippen LogP contribution in [0.1, 0.15) is 37.1 Å². The SMILES string of the molecule is CCCC(CN)C(O)c1cn(C)nc1C. The van der Waals surface area contributed by atoms with E-state index in [1.165, 1.54) is 0 Å². The van der Waals surface area contributed by atoms with E-state index in [1.54, 1.807) is 4.68 Å². The van der Waals surface area contributed by atoms with Gasteiger partial charge in [0.2, 0.25) is 0 Å². The molecule has 15 heavy (non-hydrogen) atoms. The highest BCUT2D eigenvalue weighted by Gasteiger charge is 2.22. The van der Waals surface area contributed by atoms with Gasteiger partial charge in [0.15, 0.2) is 0 Å². The van der Waals surface area contributed by atoms with Crippen molar-refractivity contribution in [2.75, 3.05) is 6.54 Å². The van der Waals surface area contributed by atoms with Crippen LogP contribution in [0.5, 0.6) is 0 Å². The van der Waals surface area contributed by atoms with Crippen molar-refractivity contribution in [2.24, 2.45) is 18.7 Å². The molecule has 0 spiro atoms. The van der Waals surface area contributed by atoms with E-state index in [0.717, 1.165) is 24.1 Å². The Balaban J connectivity index is 2.81. The third-order valence-electron chi connectivity index (χ3n) is 2.78. The van der Waals surface area contributed by atoms with E-state index in [1.807, 2.05) is 20.2 Å². The van der Waals surface area contributed by atoms with Gasteiger partial charge in [-0.05, 0) is 19.9 Å². The van der Waals surface area contributed by atoms with Gasteiger partial charge in [-0.15, -0.1) is 0 Å². The van der Waals surface area contributed by atoms with E-state index >= 15 is 0 Å². The van der Waals surface area contributed by atoms with Gasteiger partial charge in [0, 0.05) is 24.7 Å². The second kappa shape index (κ2) is 5.28. The van der Waals surface area contributed by atoms with Gasteiger partial charge in [0.25, 0.3) is 0 Å². The molecule has 0 aliphatic carbocycles. The summed E-state index contributed by atoms with van der Waals surface area (Å²) in [5.74, 6) is 0.137. The summed E-state index contributed by atoms with van der Waals surface area (Å²) in [6.07, 6.45) is 3.38. The molecule has 2 unspecified atom stereocenters. The van der Waals surface area contributed by atoms with E-state index in [4.69, 9.17) is 5.73 Å². The molecule has 0 amide bonds. The van der Waals surface area contributed by atoms with Crippen LogP contribution < -0.4 is 5.73 Å². The van der Waals surface area contributed by atoms with Gasteiger partial charge in [0.05, 0.1) is 11.8 Å². The number of nitrogens with zero attached hydrogens (tertiary/aromatic N) is 2. The summed E-state index contributed by atoms with van der Waals surface area (Å²) < 4.78 is 1.73. The Morgan fingerprint density at radius 3 is 2.67 bits per heavy atom. The fraction of sp³-hybridized carbons (Fsp3) is 0.727. The van der Waals surface area contributed by atoms with Crippen molar-refractivity contribution < 1.29 is 5.11 Å². The third-order valence-corrected chi connectivity index (χ3v) is 2.78. The van der Waals surface area contributed by atoms with Gasteiger partial charge in [-0.25, -0.2) is 0 Å². The first kappa shape index (κ1) is 12.2. The van der Waals surface area contributed by atoms with Gasteiger partial charge < -0.3 is 10.8 Å². The highest BCUT2D eigenvalue weighted by atomic mass is 16.3. The largest absolute Gasteiger partial charge is 0.388 e. The van der Waals surface area contributed by atoms with Crippen LogP contribution in [-0.4, -0.2) is 21.4 Å². The van der Waals surface area contributed by atoms with Crippen molar-refractivity contribution in [1.82, 2.24) is 9.78 Å². The lowest BCUT2D eigenvalue weighted by molar-refractivity contribution is 0.106. The maximum Gasteiger partial charge on any atom is 0.0863 e. The number of rotatable bonds is 5. The molecule has 0 aliphatic heterocycles. The van der Waals surface area contributed by atoms with Crippen LogP contribution in [-0.2, 0) is 7.05 Å². The predicted octanol–water partition coefficient (Wildman–Crippen LogP) is 1.14. The Kier molecular flexibility index (Phi) is 4.29. The van der Waals surface area contributed by atoms with Crippen LogP contribution in [0.2, 0.25) is 0 Å². The van der Waals surface area contributed by atoms with Crippen molar-refractivity contribution in [3.05, 3.63) is 17.5 Å². The summed E-state index contributed by atoms with van der Waals surface area (Å²) >= 11 is 0. The van der Waals surface area contributed by atoms with E-state index in [0.29, 0.717) is 6.54 Å². The molecule has 1 aromatic rings. The minimum atomic E-state index is -0.483. The third kappa shape index (κ3) is 2.79. The average Bonchev–Trinajstić information content (AvgIpc) is 2.53. The second-order valence-electron chi connectivity index (χ2n) is 4.07. The number of aryl methyl sites for hydroxylation is 2. The Morgan fingerprint density at radius 1 is 1.60 bits per heavy atom. The molecule has 1 rings (SSSR count). The molecule has 3 N–H and O–H groups in total. The number of aliphatic hydroxyl groups is 1. The molecule has 86 valence electrons. The van der Waals surface area contributed by atoms with Gasteiger partial charge in [0.1, 0.15) is 0 Å². The molecular formula is C11H21N3O. The van der Waals surface area contributed by atoms with Crippen molar-refractivity contribution >= 4 is 0 Å². The summed E-state index contributed by atoms with van der Waals surface area (Å²) in [6.45, 7) is 4.53. The molecule has 1 aromatic heterocycles. The Hall–Kier alpha value is -0.870. The lowest BCUT2D eigenvalue weighted by Gasteiger charge is -2.20. The monoisotopic (exact) mass is 211 g/mol. The molecular weight excluding hydrogens is 190 g/mol. The number of aliphatic hydroxyl groups excluding tert-OH is 1. The summed E-state index contributed by atoms with van der Waals surface area (Å²) in [5, 5.41) is 14.4. The van der Waals surface area contributed by atoms with Gasteiger partial charge >= 0.3 is 0 Å². The van der Waals surface area contributed by atoms with Crippen LogP contribution in [0.25, 0.3) is 0 Å². The average molecular weight is 211 g/mol. The summed E-state index contributed by atoms with van der Waals surface area (Å²) in [4.78, 5) is 0. The molecule has 1 heterocycles. The second-order valence-corrected chi connectivity index (χ2v) is 4.07. The van der Waals surface area contributed by atoms with E-state index in [2.05, 4.69) is 12.0 Å². The zero-order chi connectivity index (χ0) is 11.4. The lowest BCUT2D eigenvalue weighted by atomic mass is 9.92. The van der Waals surface area contributed by atoms with E-state index in [-0.39, 0.29) is 5.92 Å². The normalized spacial score (nSPS) is 15.3. The first-order valence-electron chi connectivity index (χ1n) is 5.48. The Morgan fingerprint density at radius 2 is 2.27 bits per heavy atom. The highest BCUT2D eigenvalue weighted by molar-refractivity contribution is 5.19.